The van der Waals surface area contributed by atoms with Gasteiger partial charge in [-0.15, -0.1) is 0 Å². The van der Waals surface area contributed by atoms with Gasteiger partial charge in [-0.05, 0) is 17.2 Å². The lowest BCUT2D eigenvalue weighted by molar-refractivity contribution is 0.348. The van der Waals surface area contributed by atoms with Crippen molar-refractivity contribution < 1.29 is 4.52 Å². The molecule has 3 aromatic rings. The van der Waals surface area contributed by atoms with Crippen LogP contribution in [0.15, 0.2) is 47.0 Å². The Morgan fingerprint density at radius 2 is 1.95 bits per heavy atom. The van der Waals surface area contributed by atoms with E-state index in [1.807, 2.05) is 24.3 Å². The molecule has 0 radical (unpaired) electrons. The zero-order valence-corrected chi connectivity index (χ0v) is 11.4. The van der Waals surface area contributed by atoms with E-state index >= 15 is 0 Å². The van der Waals surface area contributed by atoms with Crippen molar-refractivity contribution in [3.05, 3.63) is 48.4 Å². The van der Waals surface area contributed by atoms with Gasteiger partial charge in [-0.1, -0.05) is 61.0 Å². The molecule has 0 bridgehead atoms. The highest BCUT2D eigenvalue weighted by Gasteiger charge is 2.16. The molecule has 1 atom stereocenters. The zero-order valence-electron chi connectivity index (χ0n) is 11.4. The van der Waals surface area contributed by atoms with Crippen LogP contribution < -0.4 is 5.73 Å². The molecule has 0 saturated heterocycles. The number of nitrogens with two attached hydrogens (primary N) is 1. The Labute approximate surface area is 117 Å². The van der Waals surface area contributed by atoms with Crippen LogP contribution in [0.5, 0.6) is 0 Å². The number of benzene rings is 2. The molecule has 102 valence electrons. The SMILES string of the molecule is CCC[C@H](N)c1nc(-c2cccc3ccccc23)no1. The highest BCUT2D eigenvalue weighted by atomic mass is 16.5. The molecule has 2 N–H and O–H groups in total. The van der Waals surface area contributed by atoms with Gasteiger partial charge < -0.3 is 10.3 Å². The molecule has 4 nitrogen and oxygen atoms in total. The summed E-state index contributed by atoms with van der Waals surface area (Å²) in [7, 11) is 0. The maximum absolute atomic E-state index is 6.01. The van der Waals surface area contributed by atoms with Crippen LogP contribution in [0.2, 0.25) is 0 Å². The lowest BCUT2D eigenvalue weighted by atomic mass is 10.0. The average molecular weight is 267 g/mol. The first-order valence-electron chi connectivity index (χ1n) is 6.87. The minimum absolute atomic E-state index is 0.184. The number of rotatable bonds is 4. The summed E-state index contributed by atoms with van der Waals surface area (Å²) in [5, 5.41) is 6.35. The topological polar surface area (TPSA) is 64.9 Å². The number of aromatic nitrogens is 2. The smallest absolute Gasteiger partial charge is 0.243 e. The van der Waals surface area contributed by atoms with Crippen LogP contribution in [-0.4, -0.2) is 10.1 Å². The molecule has 0 amide bonds. The Hall–Kier alpha value is -2.20. The van der Waals surface area contributed by atoms with Crippen molar-refractivity contribution in [3.8, 4) is 11.4 Å². The van der Waals surface area contributed by atoms with Gasteiger partial charge in [0.1, 0.15) is 0 Å². The van der Waals surface area contributed by atoms with Gasteiger partial charge in [0.05, 0.1) is 6.04 Å². The van der Waals surface area contributed by atoms with Crippen LogP contribution >= 0.6 is 0 Å². The molecule has 1 heterocycles. The second kappa shape index (κ2) is 5.43. The van der Waals surface area contributed by atoms with E-state index in [2.05, 4.69) is 35.3 Å². The standard InChI is InChI=1S/C16H17N3O/c1-2-6-14(17)16-18-15(19-20-16)13-10-5-8-11-7-3-4-9-12(11)13/h3-5,7-10,14H,2,6,17H2,1H3/t14-/m0/s1. The highest BCUT2D eigenvalue weighted by molar-refractivity contribution is 5.94. The predicted molar refractivity (Wildman–Crippen MR) is 79.1 cm³/mol. The van der Waals surface area contributed by atoms with Gasteiger partial charge >= 0.3 is 0 Å². The Kier molecular flexibility index (Phi) is 3.48. The van der Waals surface area contributed by atoms with E-state index in [0.717, 1.165) is 29.2 Å². The number of hydrogen-bond donors (Lipinski definition) is 1. The molecule has 1 aromatic heterocycles. The molecular weight excluding hydrogens is 250 g/mol. The van der Waals surface area contributed by atoms with Gasteiger partial charge in [0.25, 0.3) is 0 Å². The summed E-state index contributed by atoms with van der Waals surface area (Å²) in [5.74, 6) is 1.11. The summed E-state index contributed by atoms with van der Waals surface area (Å²) in [5.41, 5.74) is 6.99. The fourth-order valence-electron chi connectivity index (χ4n) is 2.35. The van der Waals surface area contributed by atoms with Crippen molar-refractivity contribution in [1.82, 2.24) is 10.1 Å². The van der Waals surface area contributed by atoms with Crippen LogP contribution in [0.4, 0.5) is 0 Å². The van der Waals surface area contributed by atoms with Crippen molar-refractivity contribution in [1.29, 1.82) is 0 Å². The van der Waals surface area contributed by atoms with Crippen molar-refractivity contribution in [2.45, 2.75) is 25.8 Å². The summed E-state index contributed by atoms with van der Waals surface area (Å²) in [6.07, 6.45) is 1.84. The van der Waals surface area contributed by atoms with Gasteiger partial charge in [0.15, 0.2) is 0 Å². The molecule has 0 aliphatic rings. The largest absolute Gasteiger partial charge is 0.337 e. The minimum Gasteiger partial charge on any atom is -0.337 e. The third-order valence-corrected chi connectivity index (χ3v) is 3.39. The molecule has 20 heavy (non-hydrogen) atoms. The minimum atomic E-state index is -0.184. The summed E-state index contributed by atoms with van der Waals surface area (Å²) in [4.78, 5) is 4.45. The maximum Gasteiger partial charge on any atom is 0.243 e. The van der Waals surface area contributed by atoms with Crippen molar-refractivity contribution in [3.63, 3.8) is 0 Å². The normalized spacial score (nSPS) is 12.7. The monoisotopic (exact) mass is 267 g/mol. The second-order valence-corrected chi connectivity index (χ2v) is 4.88. The Balaban J connectivity index is 2.03. The maximum atomic E-state index is 6.01. The van der Waals surface area contributed by atoms with Crippen molar-refractivity contribution >= 4 is 10.8 Å². The van der Waals surface area contributed by atoms with Crippen LogP contribution in [-0.2, 0) is 0 Å². The van der Waals surface area contributed by atoms with E-state index in [1.54, 1.807) is 0 Å². The fourth-order valence-corrected chi connectivity index (χ4v) is 2.35. The van der Waals surface area contributed by atoms with Crippen LogP contribution in [0.3, 0.4) is 0 Å². The van der Waals surface area contributed by atoms with Gasteiger partial charge in [-0.2, -0.15) is 4.98 Å². The van der Waals surface area contributed by atoms with Crippen molar-refractivity contribution in [2.24, 2.45) is 5.73 Å². The molecule has 0 aliphatic heterocycles. The fraction of sp³-hybridized carbons (Fsp3) is 0.250. The summed E-state index contributed by atoms with van der Waals surface area (Å²) < 4.78 is 5.30. The first kappa shape index (κ1) is 12.8. The lowest BCUT2D eigenvalue weighted by Crippen LogP contribution is -2.09. The predicted octanol–water partition coefficient (Wildman–Crippen LogP) is 3.69. The molecule has 3 rings (SSSR count). The summed E-state index contributed by atoms with van der Waals surface area (Å²) >= 11 is 0. The molecule has 0 unspecified atom stereocenters. The molecular formula is C16H17N3O. The molecule has 0 aliphatic carbocycles. The Morgan fingerprint density at radius 3 is 2.80 bits per heavy atom. The quantitative estimate of drug-likeness (QED) is 0.783. The molecule has 0 fully saturated rings. The van der Waals surface area contributed by atoms with E-state index in [4.69, 9.17) is 10.3 Å². The van der Waals surface area contributed by atoms with Gasteiger partial charge in [-0.25, -0.2) is 0 Å². The second-order valence-electron chi connectivity index (χ2n) is 4.88. The first-order chi connectivity index (χ1) is 9.79. The summed E-state index contributed by atoms with van der Waals surface area (Å²) in [6, 6.07) is 14.1. The van der Waals surface area contributed by atoms with Crippen LogP contribution in [0, 0.1) is 0 Å². The van der Waals surface area contributed by atoms with Gasteiger partial charge in [0, 0.05) is 5.56 Å². The van der Waals surface area contributed by atoms with E-state index in [-0.39, 0.29) is 6.04 Å². The lowest BCUT2D eigenvalue weighted by Gasteiger charge is -2.03. The van der Waals surface area contributed by atoms with Gasteiger partial charge in [-0.3, -0.25) is 0 Å². The highest BCUT2D eigenvalue weighted by Crippen LogP contribution is 2.27. The van der Waals surface area contributed by atoms with E-state index < -0.39 is 0 Å². The average Bonchev–Trinajstić information content (AvgIpc) is 2.97. The third-order valence-electron chi connectivity index (χ3n) is 3.39. The van der Waals surface area contributed by atoms with Crippen LogP contribution in [0.25, 0.3) is 22.2 Å². The number of nitrogens with zero attached hydrogens (tertiary/aromatic N) is 2. The Morgan fingerprint density at radius 1 is 1.15 bits per heavy atom. The molecule has 4 heteroatoms. The van der Waals surface area contributed by atoms with E-state index in [9.17, 15) is 0 Å². The first-order valence-corrected chi connectivity index (χ1v) is 6.87. The van der Waals surface area contributed by atoms with E-state index in [0.29, 0.717) is 11.7 Å². The van der Waals surface area contributed by atoms with Gasteiger partial charge in [0.2, 0.25) is 11.7 Å². The molecule has 0 saturated carbocycles. The third kappa shape index (κ3) is 2.30. The molecule has 2 aromatic carbocycles. The van der Waals surface area contributed by atoms with E-state index in [1.165, 1.54) is 0 Å². The zero-order chi connectivity index (χ0) is 13.9. The Bertz CT molecular complexity index is 715. The number of fused-ring (bicyclic) bond motifs is 1. The summed E-state index contributed by atoms with van der Waals surface area (Å²) in [6.45, 7) is 2.09. The van der Waals surface area contributed by atoms with Crippen molar-refractivity contribution in [2.75, 3.05) is 0 Å². The van der Waals surface area contributed by atoms with Crippen LogP contribution in [0.1, 0.15) is 31.7 Å². The molecule has 0 spiro atoms. The number of hydrogen-bond acceptors (Lipinski definition) is 4.